The second-order valence-electron chi connectivity index (χ2n) is 3.66. The molecule has 82 valence electrons. The molecular weight excluding hydrogens is 204 g/mol. The van der Waals surface area contributed by atoms with Crippen molar-refractivity contribution in [1.82, 2.24) is 4.90 Å². The molecule has 0 atom stereocenters. The zero-order valence-electron chi connectivity index (χ0n) is 9.06. The maximum Gasteiger partial charge on any atom is 0.255 e. The summed E-state index contributed by atoms with van der Waals surface area (Å²) in [6, 6.07) is 7.42. The Balaban J connectivity index is 2.32. The maximum atomic E-state index is 11.9. The summed E-state index contributed by atoms with van der Waals surface area (Å²) in [5, 5.41) is 8.60. The number of hydrogen-bond donors (Lipinski definition) is 0. The molecule has 0 N–H and O–H groups in total. The van der Waals surface area contributed by atoms with Crippen LogP contribution in [-0.2, 0) is 6.42 Å². The third-order valence-corrected chi connectivity index (χ3v) is 2.74. The molecule has 4 heteroatoms. The second-order valence-corrected chi connectivity index (χ2v) is 3.66. The van der Waals surface area contributed by atoms with Crippen LogP contribution < -0.4 is 4.74 Å². The number of methoxy groups -OCH3 is 1. The fraction of sp³-hybridized carbons (Fsp3) is 0.333. The van der Waals surface area contributed by atoms with Gasteiger partial charge in [0.1, 0.15) is 12.3 Å². The first kappa shape index (κ1) is 10.5. The zero-order valence-corrected chi connectivity index (χ0v) is 9.06. The van der Waals surface area contributed by atoms with Gasteiger partial charge in [-0.1, -0.05) is 0 Å². The van der Waals surface area contributed by atoms with Crippen LogP contribution in [0.1, 0.15) is 15.9 Å². The second kappa shape index (κ2) is 4.23. The van der Waals surface area contributed by atoms with Crippen molar-refractivity contribution in [2.45, 2.75) is 6.42 Å². The van der Waals surface area contributed by atoms with Gasteiger partial charge in [0.2, 0.25) is 0 Å². The minimum absolute atomic E-state index is 0.0644. The lowest BCUT2D eigenvalue weighted by Gasteiger charge is -2.26. The quantitative estimate of drug-likeness (QED) is 0.698. The van der Waals surface area contributed by atoms with E-state index in [1.165, 1.54) is 0 Å². The molecule has 0 saturated heterocycles. The highest BCUT2D eigenvalue weighted by Gasteiger charge is 2.23. The predicted octanol–water partition coefficient (Wildman–Crippen LogP) is 1.22. The molecule has 0 aromatic heterocycles. The predicted molar refractivity (Wildman–Crippen MR) is 58.2 cm³/mol. The number of amides is 1. The Hall–Kier alpha value is -2.02. The largest absolute Gasteiger partial charge is 0.497 e. The number of fused-ring (bicyclic) bond motifs is 1. The van der Waals surface area contributed by atoms with Gasteiger partial charge in [-0.2, -0.15) is 5.26 Å². The van der Waals surface area contributed by atoms with Gasteiger partial charge < -0.3 is 9.64 Å². The van der Waals surface area contributed by atoms with E-state index in [1.54, 1.807) is 24.1 Å². The minimum atomic E-state index is -0.0644. The Morgan fingerprint density at radius 3 is 3.06 bits per heavy atom. The monoisotopic (exact) mass is 216 g/mol. The van der Waals surface area contributed by atoms with Crippen LogP contribution in [0.5, 0.6) is 5.75 Å². The summed E-state index contributed by atoms with van der Waals surface area (Å²) in [6.45, 7) is 0.761. The first-order chi connectivity index (χ1) is 7.76. The van der Waals surface area contributed by atoms with E-state index in [2.05, 4.69) is 0 Å². The summed E-state index contributed by atoms with van der Waals surface area (Å²) in [7, 11) is 1.61. The molecule has 0 fully saturated rings. The van der Waals surface area contributed by atoms with Crippen LogP contribution in [0, 0.1) is 11.3 Å². The summed E-state index contributed by atoms with van der Waals surface area (Å²) in [5.41, 5.74) is 1.68. The number of ether oxygens (including phenoxy) is 1. The molecule has 1 aliphatic rings. The third-order valence-electron chi connectivity index (χ3n) is 2.74. The topological polar surface area (TPSA) is 53.3 Å². The Morgan fingerprint density at radius 2 is 2.38 bits per heavy atom. The Labute approximate surface area is 94.0 Å². The highest BCUT2D eigenvalue weighted by atomic mass is 16.5. The number of benzene rings is 1. The number of hydrogen-bond acceptors (Lipinski definition) is 3. The lowest BCUT2D eigenvalue weighted by molar-refractivity contribution is 0.0761. The van der Waals surface area contributed by atoms with Gasteiger partial charge in [0.25, 0.3) is 5.91 Å². The van der Waals surface area contributed by atoms with Crippen LogP contribution in [0.25, 0.3) is 0 Å². The fourth-order valence-electron chi connectivity index (χ4n) is 1.88. The van der Waals surface area contributed by atoms with Gasteiger partial charge in [-0.25, -0.2) is 0 Å². The highest BCUT2D eigenvalue weighted by molar-refractivity contribution is 5.97. The number of carbonyl (C=O) groups is 1. The number of nitrogens with zero attached hydrogens (tertiary/aromatic N) is 2. The van der Waals surface area contributed by atoms with Crippen LogP contribution in [0.4, 0.5) is 0 Å². The van der Waals surface area contributed by atoms with Gasteiger partial charge >= 0.3 is 0 Å². The molecule has 0 aliphatic carbocycles. The van der Waals surface area contributed by atoms with Crippen LogP contribution in [0.15, 0.2) is 18.2 Å². The molecule has 16 heavy (non-hydrogen) atoms. The molecular formula is C12H12N2O2. The van der Waals surface area contributed by atoms with Gasteiger partial charge in [-0.15, -0.1) is 0 Å². The van der Waals surface area contributed by atoms with E-state index < -0.39 is 0 Å². The summed E-state index contributed by atoms with van der Waals surface area (Å²) >= 11 is 0. The number of rotatable bonds is 2. The van der Waals surface area contributed by atoms with E-state index in [0.29, 0.717) is 12.1 Å². The first-order valence-electron chi connectivity index (χ1n) is 5.09. The van der Waals surface area contributed by atoms with Gasteiger partial charge in [0.15, 0.2) is 0 Å². The minimum Gasteiger partial charge on any atom is -0.497 e. The van der Waals surface area contributed by atoms with E-state index in [9.17, 15) is 4.79 Å². The van der Waals surface area contributed by atoms with E-state index in [1.807, 2.05) is 12.1 Å². The Morgan fingerprint density at radius 1 is 1.56 bits per heavy atom. The van der Waals surface area contributed by atoms with E-state index >= 15 is 0 Å². The summed E-state index contributed by atoms with van der Waals surface area (Å²) < 4.78 is 5.11. The maximum absolute atomic E-state index is 11.9. The molecule has 1 amide bonds. The van der Waals surface area contributed by atoms with E-state index in [0.717, 1.165) is 17.7 Å². The van der Waals surface area contributed by atoms with Gasteiger partial charge in [-0.3, -0.25) is 4.79 Å². The first-order valence-corrected chi connectivity index (χ1v) is 5.09. The van der Waals surface area contributed by atoms with Crippen molar-refractivity contribution < 1.29 is 9.53 Å². The van der Waals surface area contributed by atoms with E-state index in [-0.39, 0.29) is 12.5 Å². The molecule has 1 aliphatic heterocycles. The molecule has 1 aromatic rings. The van der Waals surface area contributed by atoms with E-state index in [4.69, 9.17) is 10.00 Å². The lowest BCUT2D eigenvalue weighted by atomic mass is 9.99. The van der Waals surface area contributed by atoms with Crippen molar-refractivity contribution in [3.63, 3.8) is 0 Å². The molecule has 1 aromatic carbocycles. The highest BCUT2D eigenvalue weighted by Crippen LogP contribution is 2.23. The summed E-state index contributed by atoms with van der Waals surface area (Å²) in [5.74, 6) is 0.700. The van der Waals surface area contributed by atoms with Gasteiger partial charge in [0, 0.05) is 12.1 Å². The number of nitriles is 1. The molecule has 0 spiro atoms. The Bertz CT molecular complexity index is 463. The molecule has 0 radical (unpaired) electrons. The molecule has 0 unspecified atom stereocenters. The van der Waals surface area contributed by atoms with Crippen molar-refractivity contribution in [3.8, 4) is 11.8 Å². The SMILES string of the molecule is COc1ccc2c(c1)CCN(CC#N)C2=O. The average Bonchev–Trinajstić information content (AvgIpc) is 2.32. The smallest absolute Gasteiger partial charge is 0.255 e. The number of carbonyl (C=O) groups excluding carboxylic acids is 1. The van der Waals surface area contributed by atoms with Gasteiger partial charge in [-0.05, 0) is 30.2 Å². The van der Waals surface area contributed by atoms with Crippen molar-refractivity contribution in [2.24, 2.45) is 0 Å². The van der Waals surface area contributed by atoms with Crippen LogP contribution in [0.3, 0.4) is 0 Å². The normalized spacial score (nSPS) is 14.2. The van der Waals surface area contributed by atoms with Crippen molar-refractivity contribution >= 4 is 5.91 Å². The molecule has 1 heterocycles. The third kappa shape index (κ3) is 1.72. The molecule has 0 bridgehead atoms. The van der Waals surface area contributed by atoms with Crippen molar-refractivity contribution in [1.29, 1.82) is 5.26 Å². The summed E-state index contributed by atoms with van der Waals surface area (Å²) in [6.07, 6.45) is 0.778. The van der Waals surface area contributed by atoms with Crippen LogP contribution >= 0.6 is 0 Å². The molecule has 0 saturated carbocycles. The van der Waals surface area contributed by atoms with Crippen molar-refractivity contribution in [3.05, 3.63) is 29.3 Å². The molecule has 4 nitrogen and oxygen atoms in total. The van der Waals surface area contributed by atoms with Crippen LogP contribution in [0.2, 0.25) is 0 Å². The molecule has 2 rings (SSSR count). The average molecular weight is 216 g/mol. The summed E-state index contributed by atoms with van der Waals surface area (Å²) in [4.78, 5) is 13.5. The zero-order chi connectivity index (χ0) is 11.5. The van der Waals surface area contributed by atoms with Crippen molar-refractivity contribution in [2.75, 3.05) is 20.2 Å². The standard InChI is InChI=1S/C12H12N2O2/c1-16-10-2-3-11-9(8-10)4-6-14(7-5-13)12(11)15/h2-3,8H,4,6-7H2,1H3. The fourth-order valence-corrected chi connectivity index (χ4v) is 1.88. The lowest BCUT2D eigenvalue weighted by Crippen LogP contribution is -2.37. The van der Waals surface area contributed by atoms with Gasteiger partial charge in [0.05, 0.1) is 13.2 Å². The van der Waals surface area contributed by atoms with Crippen LogP contribution in [-0.4, -0.2) is 31.0 Å². The Kier molecular flexibility index (Phi) is 2.78.